The molecule has 2 N–H and O–H groups in total. The van der Waals surface area contributed by atoms with Crippen molar-refractivity contribution in [2.75, 3.05) is 0 Å². The van der Waals surface area contributed by atoms with Crippen molar-refractivity contribution in [3.8, 4) is 0 Å². The van der Waals surface area contributed by atoms with Crippen molar-refractivity contribution < 1.29 is 29.0 Å². The van der Waals surface area contributed by atoms with Gasteiger partial charge in [0.2, 0.25) is 0 Å². The second kappa shape index (κ2) is 6.96. The van der Waals surface area contributed by atoms with Gasteiger partial charge in [0.05, 0.1) is 12.5 Å². The monoisotopic (exact) mass is 275 g/mol. The SMILES string of the molecule is CC(C)OC(=O)C[C@H](NC(=O)OC(C)(C)C)C(=O)O. The minimum Gasteiger partial charge on any atom is -0.480 e. The minimum absolute atomic E-state index is 0.344. The fourth-order valence-corrected chi connectivity index (χ4v) is 1.13. The fourth-order valence-electron chi connectivity index (χ4n) is 1.13. The highest BCUT2D eigenvalue weighted by atomic mass is 16.6. The molecule has 0 aliphatic rings. The van der Waals surface area contributed by atoms with Crippen molar-refractivity contribution in [2.24, 2.45) is 0 Å². The molecule has 7 nitrogen and oxygen atoms in total. The summed E-state index contributed by atoms with van der Waals surface area (Å²) in [7, 11) is 0. The van der Waals surface area contributed by atoms with Gasteiger partial charge in [-0.1, -0.05) is 0 Å². The molecule has 19 heavy (non-hydrogen) atoms. The van der Waals surface area contributed by atoms with Gasteiger partial charge in [0.25, 0.3) is 0 Å². The molecule has 0 fully saturated rings. The van der Waals surface area contributed by atoms with E-state index >= 15 is 0 Å². The minimum atomic E-state index is -1.37. The Morgan fingerprint density at radius 1 is 1.21 bits per heavy atom. The van der Waals surface area contributed by atoms with Crippen LogP contribution in [0.2, 0.25) is 0 Å². The van der Waals surface area contributed by atoms with Crippen LogP contribution in [0.15, 0.2) is 0 Å². The number of alkyl carbamates (subject to hydrolysis) is 1. The van der Waals surface area contributed by atoms with Gasteiger partial charge < -0.3 is 19.9 Å². The molecule has 0 spiro atoms. The molecule has 0 heterocycles. The lowest BCUT2D eigenvalue weighted by molar-refractivity contribution is -0.152. The van der Waals surface area contributed by atoms with E-state index in [1.54, 1.807) is 34.6 Å². The molecule has 0 bridgehead atoms. The number of carbonyl (C=O) groups is 3. The van der Waals surface area contributed by atoms with E-state index in [0.717, 1.165) is 0 Å². The van der Waals surface area contributed by atoms with Gasteiger partial charge in [0, 0.05) is 0 Å². The van der Waals surface area contributed by atoms with Crippen LogP contribution in [-0.4, -0.2) is 40.9 Å². The zero-order valence-corrected chi connectivity index (χ0v) is 11.9. The maximum absolute atomic E-state index is 11.4. The second-order valence-electron chi connectivity index (χ2n) is 5.28. The number of amides is 1. The van der Waals surface area contributed by atoms with Crippen molar-refractivity contribution in [3.63, 3.8) is 0 Å². The smallest absolute Gasteiger partial charge is 0.408 e. The quantitative estimate of drug-likeness (QED) is 0.733. The van der Waals surface area contributed by atoms with Crippen molar-refractivity contribution >= 4 is 18.0 Å². The maximum Gasteiger partial charge on any atom is 0.408 e. The highest BCUT2D eigenvalue weighted by Crippen LogP contribution is 2.07. The summed E-state index contributed by atoms with van der Waals surface area (Å²) in [6, 6.07) is -1.37. The Hall–Kier alpha value is -1.79. The molecular weight excluding hydrogens is 254 g/mol. The van der Waals surface area contributed by atoms with Gasteiger partial charge in [0.15, 0.2) is 0 Å². The largest absolute Gasteiger partial charge is 0.480 e. The molecule has 110 valence electrons. The van der Waals surface area contributed by atoms with Crippen molar-refractivity contribution in [3.05, 3.63) is 0 Å². The van der Waals surface area contributed by atoms with Crippen LogP contribution in [0.1, 0.15) is 41.0 Å². The number of carboxylic acid groups (broad SMARTS) is 1. The number of aliphatic carboxylic acids is 1. The summed E-state index contributed by atoms with van der Waals surface area (Å²) in [5.41, 5.74) is -0.744. The summed E-state index contributed by atoms with van der Waals surface area (Å²) in [6.45, 7) is 8.24. The van der Waals surface area contributed by atoms with Gasteiger partial charge in [-0.05, 0) is 34.6 Å². The molecule has 0 rings (SSSR count). The van der Waals surface area contributed by atoms with Crippen LogP contribution < -0.4 is 5.32 Å². The third-order valence-electron chi connectivity index (χ3n) is 1.73. The molecule has 0 aromatic rings. The first-order valence-corrected chi connectivity index (χ1v) is 5.93. The molecule has 0 radical (unpaired) electrons. The normalized spacial score (nSPS) is 12.7. The average molecular weight is 275 g/mol. The van der Waals surface area contributed by atoms with Crippen LogP contribution in [0.25, 0.3) is 0 Å². The Bertz CT molecular complexity index is 345. The molecule has 0 aromatic heterocycles. The van der Waals surface area contributed by atoms with E-state index in [1.165, 1.54) is 0 Å². The highest BCUT2D eigenvalue weighted by Gasteiger charge is 2.27. The molecular formula is C12H21NO6. The van der Waals surface area contributed by atoms with Gasteiger partial charge in [-0.25, -0.2) is 9.59 Å². The predicted molar refractivity (Wildman–Crippen MR) is 66.6 cm³/mol. The van der Waals surface area contributed by atoms with Gasteiger partial charge in [0.1, 0.15) is 11.6 Å². The van der Waals surface area contributed by atoms with E-state index in [-0.39, 0.29) is 6.10 Å². The van der Waals surface area contributed by atoms with Gasteiger partial charge in [-0.15, -0.1) is 0 Å². The number of ether oxygens (including phenoxy) is 2. The molecule has 0 aliphatic heterocycles. The Kier molecular flexibility index (Phi) is 6.31. The maximum atomic E-state index is 11.4. The van der Waals surface area contributed by atoms with E-state index < -0.39 is 36.1 Å². The number of hydrogen-bond donors (Lipinski definition) is 2. The number of hydrogen-bond acceptors (Lipinski definition) is 5. The summed E-state index contributed by atoms with van der Waals surface area (Å²) >= 11 is 0. The number of rotatable bonds is 5. The lowest BCUT2D eigenvalue weighted by atomic mass is 10.2. The van der Waals surface area contributed by atoms with Crippen LogP contribution in [0, 0.1) is 0 Å². The summed E-state index contributed by atoms with van der Waals surface area (Å²) in [5, 5.41) is 11.0. The van der Waals surface area contributed by atoms with E-state index in [9.17, 15) is 14.4 Å². The third-order valence-corrected chi connectivity index (χ3v) is 1.73. The summed E-state index contributed by atoms with van der Waals surface area (Å²) < 4.78 is 9.73. The number of carboxylic acids is 1. The van der Waals surface area contributed by atoms with Gasteiger partial charge in [-0.2, -0.15) is 0 Å². The summed E-state index contributed by atoms with van der Waals surface area (Å²) in [6.07, 6.45) is -1.69. The number of carbonyl (C=O) groups excluding carboxylic acids is 2. The molecule has 0 aliphatic carbocycles. The Balaban J connectivity index is 4.47. The van der Waals surface area contributed by atoms with E-state index in [0.29, 0.717) is 0 Å². The topological polar surface area (TPSA) is 102 Å². The third kappa shape index (κ3) is 8.87. The first kappa shape index (κ1) is 17.2. The van der Waals surface area contributed by atoms with Crippen LogP contribution in [-0.2, 0) is 19.1 Å². The molecule has 7 heteroatoms. The van der Waals surface area contributed by atoms with E-state index in [1.807, 2.05) is 0 Å². The zero-order valence-electron chi connectivity index (χ0n) is 11.9. The highest BCUT2D eigenvalue weighted by molar-refractivity contribution is 5.85. The Morgan fingerprint density at radius 3 is 2.11 bits per heavy atom. The van der Waals surface area contributed by atoms with Gasteiger partial charge >= 0.3 is 18.0 Å². The zero-order chi connectivity index (χ0) is 15.2. The van der Waals surface area contributed by atoms with Crippen molar-refractivity contribution in [1.82, 2.24) is 5.32 Å². The summed E-state index contributed by atoms with van der Waals surface area (Å²) in [5.74, 6) is -2.02. The second-order valence-corrected chi connectivity index (χ2v) is 5.28. The Labute approximate surface area is 112 Å². The van der Waals surface area contributed by atoms with Crippen molar-refractivity contribution in [2.45, 2.75) is 58.8 Å². The first-order chi connectivity index (χ1) is 8.51. The standard InChI is InChI=1S/C12H21NO6/c1-7(2)18-9(14)6-8(10(15)16)13-11(17)19-12(3,4)5/h7-8H,6H2,1-5H3,(H,13,17)(H,15,16)/t8-/m0/s1. The summed E-state index contributed by atoms with van der Waals surface area (Å²) in [4.78, 5) is 33.7. The van der Waals surface area contributed by atoms with Crippen LogP contribution in [0.3, 0.4) is 0 Å². The molecule has 0 aromatic carbocycles. The Morgan fingerprint density at radius 2 is 1.74 bits per heavy atom. The first-order valence-electron chi connectivity index (χ1n) is 5.93. The van der Waals surface area contributed by atoms with Crippen LogP contribution in [0.4, 0.5) is 4.79 Å². The fraction of sp³-hybridized carbons (Fsp3) is 0.750. The van der Waals surface area contributed by atoms with Crippen LogP contribution >= 0.6 is 0 Å². The van der Waals surface area contributed by atoms with Gasteiger partial charge in [-0.3, -0.25) is 4.79 Å². The molecule has 0 unspecified atom stereocenters. The lowest BCUT2D eigenvalue weighted by Gasteiger charge is -2.21. The van der Waals surface area contributed by atoms with E-state index in [4.69, 9.17) is 14.6 Å². The van der Waals surface area contributed by atoms with E-state index in [2.05, 4.69) is 5.32 Å². The molecule has 0 saturated carbocycles. The lowest BCUT2D eigenvalue weighted by Crippen LogP contribution is -2.44. The average Bonchev–Trinajstić information content (AvgIpc) is 2.11. The molecule has 0 saturated heterocycles. The number of nitrogens with one attached hydrogen (secondary N) is 1. The molecule has 1 atom stereocenters. The predicted octanol–water partition coefficient (Wildman–Crippen LogP) is 1.31. The number of esters is 1. The van der Waals surface area contributed by atoms with Crippen LogP contribution in [0.5, 0.6) is 0 Å². The molecule has 1 amide bonds. The van der Waals surface area contributed by atoms with Crippen molar-refractivity contribution in [1.29, 1.82) is 0 Å².